The zero-order chi connectivity index (χ0) is 15.6. The molecule has 1 atom stereocenters. The van der Waals surface area contributed by atoms with Crippen LogP contribution in [-0.2, 0) is 13.5 Å². The van der Waals surface area contributed by atoms with Crippen LogP contribution in [0.2, 0.25) is 0 Å². The molecule has 0 amide bonds. The summed E-state index contributed by atoms with van der Waals surface area (Å²) >= 11 is 0. The van der Waals surface area contributed by atoms with Gasteiger partial charge in [0.2, 0.25) is 0 Å². The highest BCUT2D eigenvalue weighted by Gasteiger charge is 2.20. The summed E-state index contributed by atoms with van der Waals surface area (Å²) in [6.07, 6.45) is 1.00. The van der Waals surface area contributed by atoms with E-state index in [1.807, 2.05) is 11.7 Å². The fraction of sp³-hybridized carbons (Fsp3) is 0.500. The monoisotopic (exact) mass is 285 g/mol. The Balaban J connectivity index is 2.35. The van der Waals surface area contributed by atoms with Crippen molar-refractivity contribution < 1.29 is 0 Å². The summed E-state index contributed by atoms with van der Waals surface area (Å²) in [5.74, 6) is 0. The molecular weight excluding hydrogens is 258 g/mol. The molecular formula is C18H27N3. The lowest BCUT2D eigenvalue weighted by Gasteiger charge is -2.19. The molecule has 0 spiro atoms. The Morgan fingerprint density at radius 1 is 1.10 bits per heavy atom. The van der Waals surface area contributed by atoms with Gasteiger partial charge in [-0.2, -0.15) is 5.10 Å². The lowest BCUT2D eigenvalue weighted by atomic mass is 9.95. The van der Waals surface area contributed by atoms with Gasteiger partial charge in [-0.05, 0) is 46.2 Å². The number of hydrogen-bond acceptors (Lipinski definition) is 2. The van der Waals surface area contributed by atoms with Crippen LogP contribution in [0.4, 0.5) is 0 Å². The highest BCUT2D eigenvalue weighted by atomic mass is 15.3. The molecule has 0 aliphatic rings. The molecule has 2 aromatic rings. The number of hydrogen-bond donors (Lipinski definition) is 1. The number of likely N-dealkylation sites (N-methyl/N-ethyl adjacent to an activating group) is 1. The molecule has 3 nitrogen and oxygen atoms in total. The molecule has 1 aromatic carbocycles. The van der Waals surface area contributed by atoms with Crippen molar-refractivity contribution in [1.82, 2.24) is 15.1 Å². The van der Waals surface area contributed by atoms with E-state index in [1.165, 1.54) is 27.9 Å². The van der Waals surface area contributed by atoms with Crippen molar-refractivity contribution >= 4 is 0 Å². The van der Waals surface area contributed by atoms with Gasteiger partial charge < -0.3 is 5.32 Å². The molecule has 1 heterocycles. The number of aryl methyl sites for hydroxylation is 4. The Kier molecular flexibility index (Phi) is 4.84. The molecule has 0 aliphatic carbocycles. The third-order valence-corrected chi connectivity index (χ3v) is 4.09. The molecule has 0 bridgehead atoms. The molecule has 0 radical (unpaired) electrons. The Hall–Kier alpha value is -1.61. The van der Waals surface area contributed by atoms with Gasteiger partial charge in [-0.3, -0.25) is 4.68 Å². The minimum atomic E-state index is 0.324. The molecule has 0 aliphatic heterocycles. The first-order valence-electron chi connectivity index (χ1n) is 7.73. The van der Waals surface area contributed by atoms with Crippen molar-refractivity contribution in [2.45, 2.75) is 47.1 Å². The van der Waals surface area contributed by atoms with Crippen molar-refractivity contribution in [2.75, 3.05) is 6.54 Å². The predicted octanol–water partition coefficient (Wildman–Crippen LogP) is 3.55. The van der Waals surface area contributed by atoms with Crippen molar-refractivity contribution in [3.05, 3.63) is 51.8 Å². The number of nitrogens with zero attached hydrogens (tertiary/aromatic N) is 2. The molecule has 1 unspecified atom stereocenters. The number of nitrogens with one attached hydrogen (secondary N) is 1. The average Bonchev–Trinajstić information content (AvgIpc) is 2.61. The quantitative estimate of drug-likeness (QED) is 0.910. The summed E-state index contributed by atoms with van der Waals surface area (Å²) in [6.45, 7) is 11.7. The Morgan fingerprint density at radius 2 is 1.71 bits per heavy atom. The molecule has 0 fully saturated rings. The Labute approximate surface area is 128 Å². The maximum atomic E-state index is 4.57. The standard InChI is InChI=1S/C18H27N3/c1-7-19-17(18-14(4)20-21(6)15(18)5)11-16-9-12(2)8-13(3)10-16/h8-10,17,19H,7,11H2,1-6H3. The van der Waals surface area contributed by atoms with Gasteiger partial charge in [0.1, 0.15) is 0 Å². The van der Waals surface area contributed by atoms with E-state index in [0.717, 1.165) is 18.7 Å². The summed E-state index contributed by atoms with van der Waals surface area (Å²) in [6, 6.07) is 7.13. The van der Waals surface area contributed by atoms with Crippen LogP contribution in [0.5, 0.6) is 0 Å². The molecule has 0 saturated heterocycles. The maximum Gasteiger partial charge on any atom is 0.0644 e. The van der Waals surface area contributed by atoms with E-state index in [4.69, 9.17) is 0 Å². The van der Waals surface area contributed by atoms with Crippen LogP contribution >= 0.6 is 0 Å². The van der Waals surface area contributed by atoms with Crippen LogP contribution < -0.4 is 5.32 Å². The summed E-state index contributed by atoms with van der Waals surface area (Å²) < 4.78 is 1.98. The minimum absolute atomic E-state index is 0.324. The maximum absolute atomic E-state index is 4.57. The van der Waals surface area contributed by atoms with E-state index >= 15 is 0 Å². The van der Waals surface area contributed by atoms with Gasteiger partial charge in [-0.15, -0.1) is 0 Å². The van der Waals surface area contributed by atoms with Gasteiger partial charge in [0.05, 0.1) is 5.69 Å². The molecule has 2 rings (SSSR count). The lowest BCUT2D eigenvalue weighted by Crippen LogP contribution is -2.24. The first-order valence-corrected chi connectivity index (χ1v) is 7.73. The van der Waals surface area contributed by atoms with Gasteiger partial charge in [0, 0.05) is 24.3 Å². The van der Waals surface area contributed by atoms with E-state index in [0.29, 0.717) is 6.04 Å². The number of rotatable bonds is 5. The van der Waals surface area contributed by atoms with E-state index in [-0.39, 0.29) is 0 Å². The van der Waals surface area contributed by atoms with Crippen molar-refractivity contribution in [1.29, 1.82) is 0 Å². The minimum Gasteiger partial charge on any atom is -0.310 e. The SMILES string of the molecule is CCNC(Cc1cc(C)cc(C)c1)c1c(C)nn(C)c1C. The van der Waals surface area contributed by atoms with E-state index in [2.05, 4.69) is 63.2 Å². The molecule has 21 heavy (non-hydrogen) atoms. The normalized spacial score (nSPS) is 12.7. The summed E-state index contributed by atoms with van der Waals surface area (Å²) in [5, 5.41) is 8.20. The number of aromatic nitrogens is 2. The zero-order valence-corrected chi connectivity index (χ0v) is 14.1. The fourth-order valence-corrected chi connectivity index (χ4v) is 3.24. The van der Waals surface area contributed by atoms with Crippen LogP contribution in [-0.4, -0.2) is 16.3 Å². The Bertz CT molecular complexity index is 605. The van der Waals surface area contributed by atoms with Crippen molar-refractivity contribution in [2.24, 2.45) is 7.05 Å². The topological polar surface area (TPSA) is 29.9 Å². The molecule has 1 N–H and O–H groups in total. The average molecular weight is 285 g/mol. The molecule has 3 heteroatoms. The summed E-state index contributed by atoms with van der Waals surface area (Å²) in [7, 11) is 2.02. The van der Waals surface area contributed by atoms with Gasteiger partial charge in [-0.25, -0.2) is 0 Å². The van der Waals surface area contributed by atoms with Crippen molar-refractivity contribution in [3.8, 4) is 0 Å². The third kappa shape index (κ3) is 3.53. The largest absolute Gasteiger partial charge is 0.310 e. The predicted molar refractivity (Wildman–Crippen MR) is 88.7 cm³/mol. The van der Waals surface area contributed by atoms with E-state index < -0.39 is 0 Å². The first kappa shape index (κ1) is 15.8. The highest BCUT2D eigenvalue weighted by molar-refractivity contribution is 5.33. The van der Waals surface area contributed by atoms with E-state index in [1.54, 1.807) is 0 Å². The Morgan fingerprint density at radius 3 is 2.19 bits per heavy atom. The van der Waals surface area contributed by atoms with Gasteiger partial charge in [0.25, 0.3) is 0 Å². The van der Waals surface area contributed by atoms with Gasteiger partial charge in [-0.1, -0.05) is 36.2 Å². The molecule has 0 saturated carbocycles. The smallest absolute Gasteiger partial charge is 0.0644 e. The second-order valence-corrected chi connectivity index (χ2v) is 6.02. The van der Waals surface area contributed by atoms with Crippen LogP contribution in [0.3, 0.4) is 0 Å². The number of benzene rings is 1. The lowest BCUT2D eigenvalue weighted by molar-refractivity contribution is 0.544. The zero-order valence-electron chi connectivity index (χ0n) is 14.1. The summed E-state index contributed by atoms with van der Waals surface area (Å²) in [5.41, 5.74) is 7.78. The van der Waals surface area contributed by atoms with Crippen molar-refractivity contribution in [3.63, 3.8) is 0 Å². The van der Waals surface area contributed by atoms with E-state index in [9.17, 15) is 0 Å². The second kappa shape index (κ2) is 6.44. The van der Waals surface area contributed by atoms with Crippen LogP contribution in [0.15, 0.2) is 18.2 Å². The van der Waals surface area contributed by atoms with Crippen LogP contribution in [0.25, 0.3) is 0 Å². The first-order chi connectivity index (χ1) is 9.92. The summed E-state index contributed by atoms with van der Waals surface area (Å²) in [4.78, 5) is 0. The highest BCUT2D eigenvalue weighted by Crippen LogP contribution is 2.25. The molecule has 114 valence electrons. The second-order valence-electron chi connectivity index (χ2n) is 6.02. The van der Waals surface area contributed by atoms with Gasteiger partial charge >= 0.3 is 0 Å². The fourth-order valence-electron chi connectivity index (χ4n) is 3.24. The third-order valence-electron chi connectivity index (χ3n) is 4.09. The van der Waals surface area contributed by atoms with Gasteiger partial charge in [0.15, 0.2) is 0 Å². The van der Waals surface area contributed by atoms with Crippen LogP contribution in [0.1, 0.15) is 46.6 Å². The molecule has 1 aromatic heterocycles. The van der Waals surface area contributed by atoms with Crippen LogP contribution in [0, 0.1) is 27.7 Å².